The van der Waals surface area contributed by atoms with Crippen molar-refractivity contribution in [2.75, 3.05) is 29.8 Å². The fourth-order valence-corrected chi connectivity index (χ4v) is 4.01. The summed E-state index contributed by atoms with van der Waals surface area (Å²) in [6.07, 6.45) is 0. The number of methoxy groups -OCH3 is 2. The van der Waals surface area contributed by atoms with Crippen LogP contribution in [0.1, 0.15) is 35.7 Å². The Labute approximate surface area is 219 Å². The van der Waals surface area contributed by atoms with Crippen molar-refractivity contribution in [3.05, 3.63) is 88.6 Å². The lowest BCUT2D eigenvalue weighted by Crippen LogP contribution is -2.32. The molecule has 190 valence electrons. The molecule has 0 aliphatic carbocycles. The van der Waals surface area contributed by atoms with E-state index in [1.165, 1.54) is 7.11 Å². The van der Waals surface area contributed by atoms with Crippen LogP contribution in [-0.4, -0.2) is 31.9 Å². The molecule has 0 fully saturated rings. The third-order valence-corrected chi connectivity index (χ3v) is 6.27. The molecule has 0 radical (unpaired) electrons. The van der Waals surface area contributed by atoms with Gasteiger partial charge >= 0.3 is 0 Å². The van der Waals surface area contributed by atoms with Crippen molar-refractivity contribution in [2.45, 2.75) is 19.8 Å². The van der Waals surface area contributed by atoms with Gasteiger partial charge in [0, 0.05) is 17.3 Å². The first-order valence-corrected chi connectivity index (χ1v) is 11.9. The van der Waals surface area contributed by atoms with Gasteiger partial charge in [0.2, 0.25) is 0 Å². The average molecular weight is 520 g/mol. The molecule has 3 aromatic carbocycles. The molecule has 4 rings (SSSR count). The molecule has 0 atom stereocenters. The first kappa shape index (κ1) is 25.8. The van der Waals surface area contributed by atoms with E-state index in [0.29, 0.717) is 40.0 Å². The Morgan fingerprint density at radius 3 is 2.16 bits per heavy atom. The van der Waals surface area contributed by atoms with Crippen molar-refractivity contribution < 1.29 is 23.9 Å². The Hall–Kier alpha value is -4.30. The van der Waals surface area contributed by atoms with Gasteiger partial charge in [-0.3, -0.25) is 14.4 Å². The number of halogens is 1. The number of hydrogen-bond acceptors (Lipinski definition) is 6. The highest BCUT2D eigenvalue weighted by molar-refractivity contribution is 6.53. The SMILES string of the molecule is COc1ccc(NC(=O)c2ccc(NC3=C(Cl)C(=O)N(c4ccc(C(C)C)cc4)C3=O)cc2)c(OC)c1. The van der Waals surface area contributed by atoms with Gasteiger partial charge < -0.3 is 20.1 Å². The minimum absolute atomic E-state index is 0.0280. The molecule has 8 nitrogen and oxygen atoms in total. The van der Waals surface area contributed by atoms with Crippen LogP contribution in [0.15, 0.2) is 77.5 Å². The molecule has 0 bridgehead atoms. The average Bonchev–Trinajstić information content (AvgIpc) is 3.12. The minimum Gasteiger partial charge on any atom is -0.497 e. The van der Waals surface area contributed by atoms with E-state index in [1.54, 1.807) is 61.7 Å². The van der Waals surface area contributed by atoms with Crippen molar-refractivity contribution in [1.82, 2.24) is 0 Å². The molecule has 2 N–H and O–H groups in total. The largest absolute Gasteiger partial charge is 0.497 e. The Balaban J connectivity index is 1.46. The standard InChI is InChI=1S/C28H26ClN3O5/c1-16(2)17-7-11-20(12-8-17)32-27(34)24(29)25(28(32)35)30-19-9-5-18(6-10-19)26(33)31-22-14-13-21(36-3)15-23(22)37-4/h5-16,30H,1-4H3,(H,31,33). The van der Waals surface area contributed by atoms with Gasteiger partial charge in [0.15, 0.2) is 0 Å². The van der Waals surface area contributed by atoms with Gasteiger partial charge in [0.1, 0.15) is 22.2 Å². The van der Waals surface area contributed by atoms with Gasteiger partial charge in [0.25, 0.3) is 17.7 Å². The van der Waals surface area contributed by atoms with E-state index in [2.05, 4.69) is 24.5 Å². The van der Waals surface area contributed by atoms with Crippen molar-refractivity contribution in [1.29, 1.82) is 0 Å². The van der Waals surface area contributed by atoms with E-state index < -0.39 is 11.8 Å². The molecule has 3 aromatic rings. The van der Waals surface area contributed by atoms with E-state index in [0.717, 1.165) is 10.5 Å². The smallest absolute Gasteiger partial charge is 0.283 e. The van der Waals surface area contributed by atoms with Crippen LogP contribution in [0, 0.1) is 0 Å². The predicted octanol–water partition coefficient (Wildman–Crippen LogP) is 5.52. The molecule has 0 aromatic heterocycles. The molecular weight excluding hydrogens is 494 g/mol. The van der Waals surface area contributed by atoms with Crippen LogP contribution in [-0.2, 0) is 9.59 Å². The third-order valence-electron chi connectivity index (χ3n) is 5.92. The number of carbonyl (C=O) groups is 3. The number of carbonyl (C=O) groups excluding carboxylic acids is 3. The summed E-state index contributed by atoms with van der Waals surface area (Å²) in [6, 6.07) is 18.7. The van der Waals surface area contributed by atoms with E-state index in [-0.39, 0.29) is 16.6 Å². The van der Waals surface area contributed by atoms with Crippen LogP contribution >= 0.6 is 11.6 Å². The van der Waals surface area contributed by atoms with Gasteiger partial charge in [-0.1, -0.05) is 37.6 Å². The fourth-order valence-electron chi connectivity index (χ4n) is 3.80. The zero-order valence-corrected chi connectivity index (χ0v) is 21.6. The van der Waals surface area contributed by atoms with Crippen LogP contribution in [0.2, 0.25) is 0 Å². The lowest BCUT2D eigenvalue weighted by molar-refractivity contribution is -0.120. The minimum atomic E-state index is -0.601. The number of amides is 3. The second-order valence-electron chi connectivity index (χ2n) is 8.60. The Morgan fingerprint density at radius 1 is 0.892 bits per heavy atom. The second-order valence-corrected chi connectivity index (χ2v) is 8.98. The molecule has 0 unspecified atom stereocenters. The summed E-state index contributed by atoms with van der Waals surface area (Å²) in [5, 5.41) is 5.52. The molecule has 3 amide bonds. The number of hydrogen-bond donors (Lipinski definition) is 2. The van der Waals surface area contributed by atoms with E-state index in [1.807, 2.05) is 12.1 Å². The summed E-state index contributed by atoms with van der Waals surface area (Å²) in [6.45, 7) is 4.12. The number of ether oxygens (including phenoxy) is 2. The molecule has 1 aliphatic heterocycles. The maximum absolute atomic E-state index is 13.0. The number of nitrogens with one attached hydrogen (secondary N) is 2. The quantitative estimate of drug-likeness (QED) is 0.381. The van der Waals surface area contributed by atoms with Gasteiger partial charge in [-0.15, -0.1) is 0 Å². The number of anilines is 3. The van der Waals surface area contributed by atoms with Gasteiger partial charge in [0.05, 0.1) is 25.6 Å². The van der Waals surface area contributed by atoms with Crippen LogP contribution in [0.4, 0.5) is 17.1 Å². The summed E-state index contributed by atoms with van der Waals surface area (Å²) in [4.78, 5) is 39.6. The maximum atomic E-state index is 13.0. The van der Waals surface area contributed by atoms with Crippen molar-refractivity contribution in [2.24, 2.45) is 0 Å². The molecule has 0 spiro atoms. The molecular formula is C28H26ClN3O5. The van der Waals surface area contributed by atoms with Crippen molar-refractivity contribution >= 4 is 46.4 Å². The zero-order chi connectivity index (χ0) is 26.7. The molecule has 0 saturated carbocycles. The van der Waals surface area contributed by atoms with Crippen LogP contribution in [0.5, 0.6) is 11.5 Å². The van der Waals surface area contributed by atoms with E-state index in [9.17, 15) is 14.4 Å². The monoisotopic (exact) mass is 519 g/mol. The Bertz CT molecular complexity index is 1380. The van der Waals surface area contributed by atoms with Gasteiger partial charge in [-0.25, -0.2) is 4.90 Å². The van der Waals surface area contributed by atoms with Crippen LogP contribution in [0.25, 0.3) is 0 Å². The van der Waals surface area contributed by atoms with Crippen LogP contribution < -0.4 is 25.0 Å². The third kappa shape index (κ3) is 5.29. The van der Waals surface area contributed by atoms with Crippen molar-refractivity contribution in [3.63, 3.8) is 0 Å². The number of imide groups is 1. The Morgan fingerprint density at radius 2 is 1.57 bits per heavy atom. The number of nitrogens with zero attached hydrogens (tertiary/aromatic N) is 1. The normalized spacial score (nSPS) is 13.3. The maximum Gasteiger partial charge on any atom is 0.283 e. The molecule has 0 saturated heterocycles. The number of benzene rings is 3. The summed E-state index contributed by atoms with van der Waals surface area (Å²) in [7, 11) is 3.05. The summed E-state index contributed by atoms with van der Waals surface area (Å²) in [5.41, 5.74) is 2.86. The Kier molecular flexibility index (Phi) is 7.50. The fraction of sp³-hybridized carbons (Fsp3) is 0.179. The summed E-state index contributed by atoms with van der Waals surface area (Å²) in [5.74, 6) is -0.127. The highest BCUT2D eigenvalue weighted by atomic mass is 35.5. The first-order chi connectivity index (χ1) is 17.7. The topological polar surface area (TPSA) is 97.0 Å². The molecule has 9 heteroatoms. The predicted molar refractivity (Wildman–Crippen MR) is 143 cm³/mol. The molecule has 1 heterocycles. The van der Waals surface area contributed by atoms with Crippen molar-refractivity contribution in [3.8, 4) is 11.5 Å². The lowest BCUT2D eigenvalue weighted by Gasteiger charge is -2.16. The van der Waals surface area contributed by atoms with E-state index >= 15 is 0 Å². The van der Waals surface area contributed by atoms with E-state index in [4.69, 9.17) is 21.1 Å². The van der Waals surface area contributed by atoms with Gasteiger partial charge in [-0.05, 0) is 60.0 Å². The highest BCUT2D eigenvalue weighted by Gasteiger charge is 2.39. The zero-order valence-electron chi connectivity index (χ0n) is 20.8. The molecule has 37 heavy (non-hydrogen) atoms. The summed E-state index contributed by atoms with van der Waals surface area (Å²) >= 11 is 6.24. The second kappa shape index (κ2) is 10.8. The summed E-state index contributed by atoms with van der Waals surface area (Å²) < 4.78 is 10.5. The van der Waals surface area contributed by atoms with Crippen LogP contribution in [0.3, 0.4) is 0 Å². The first-order valence-electron chi connectivity index (χ1n) is 11.5. The lowest BCUT2D eigenvalue weighted by atomic mass is 10.0. The highest BCUT2D eigenvalue weighted by Crippen LogP contribution is 2.32. The number of rotatable bonds is 8. The van der Waals surface area contributed by atoms with Gasteiger partial charge in [-0.2, -0.15) is 0 Å². The molecule has 1 aliphatic rings.